The molecule has 0 aliphatic carbocycles. The molecule has 1 N–H and O–H groups in total. The van der Waals surface area contributed by atoms with E-state index in [1.54, 1.807) is 30.5 Å². The Morgan fingerprint density at radius 2 is 1.86 bits per heavy atom. The number of hydrogen-bond donors (Lipinski definition) is 1. The lowest BCUT2D eigenvalue weighted by molar-refractivity contribution is 0.102. The summed E-state index contributed by atoms with van der Waals surface area (Å²) in [6.45, 7) is 5.17. The van der Waals surface area contributed by atoms with Gasteiger partial charge in [-0.05, 0) is 61.4 Å². The van der Waals surface area contributed by atoms with E-state index in [4.69, 9.17) is 9.47 Å². The minimum absolute atomic E-state index is 0.164. The highest BCUT2D eigenvalue weighted by atomic mass is 16.5. The molecule has 3 aromatic rings. The van der Waals surface area contributed by atoms with Gasteiger partial charge in [0, 0.05) is 30.7 Å². The van der Waals surface area contributed by atoms with E-state index in [9.17, 15) is 4.79 Å². The largest absolute Gasteiger partial charge is 0.494 e. The number of benzene rings is 2. The Morgan fingerprint density at radius 1 is 1.10 bits per heavy atom. The number of nitrogens with zero attached hydrogens (tertiary/aromatic N) is 2. The topological polar surface area (TPSA) is 65.4 Å². The molecule has 0 atom stereocenters. The number of imidazole rings is 1. The molecule has 0 fully saturated rings. The summed E-state index contributed by atoms with van der Waals surface area (Å²) in [5.41, 5.74) is 2.30. The van der Waals surface area contributed by atoms with Crippen molar-refractivity contribution in [2.45, 2.75) is 33.3 Å². The van der Waals surface area contributed by atoms with Crippen LogP contribution in [0.4, 0.5) is 5.69 Å². The molecule has 0 saturated heterocycles. The molecule has 0 saturated carbocycles. The van der Waals surface area contributed by atoms with Gasteiger partial charge in [-0.2, -0.15) is 0 Å². The van der Waals surface area contributed by atoms with Crippen molar-refractivity contribution in [2.24, 2.45) is 7.05 Å². The lowest BCUT2D eigenvalue weighted by atomic mass is 10.1. The second-order valence-electron chi connectivity index (χ2n) is 6.90. The Hall–Kier alpha value is -3.28. The van der Waals surface area contributed by atoms with Crippen LogP contribution in [-0.2, 0) is 13.7 Å². The zero-order valence-corrected chi connectivity index (χ0v) is 17.1. The molecule has 3 rings (SSSR count). The van der Waals surface area contributed by atoms with Gasteiger partial charge in [0.15, 0.2) is 0 Å². The molecule has 1 aromatic heterocycles. The number of anilines is 1. The Balaban J connectivity index is 1.57. The number of nitrogens with one attached hydrogen (secondary N) is 1. The van der Waals surface area contributed by atoms with Crippen LogP contribution in [0.3, 0.4) is 0 Å². The molecule has 152 valence electrons. The van der Waals surface area contributed by atoms with Gasteiger partial charge in [0.1, 0.15) is 23.9 Å². The zero-order chi connectivity index (χ0) is 20.6. The SMILES string of the molecule is CCCCOc1ccc(NC(=O)c2ccc(OCc3nccn3C)cc2)c(C)c1. The summed E-state index contributed by atoms with van der Waals surface area (Å²) in [5.74, 6) is 2.19. The van der Waals surface area contributed by atoms with E-state index in [0.29, 0.717) is 24.5 Å². The molecule has 1 heterocycles. The average Bonchev–Trinajstić information content (AvgIpc) is 3.13. The zero-order valence-electron chi connectivity index (χ0n) is 17.1. The number of aryl methyl sites for hydroxylation is 2. The van der Waals surface area contributed by atoms with Crippen molar-refractivity contribution in [3.05, 3.63) is 71.8 Å². The minimum Gasteiger partial charge on any atom is -0.494 e. The van der Waals surface area contributed by atoms with Crippen LogP contribution in [0.5, 0.6) is 11.5 Å². The summed E-state index contributed by atoms with van der Waals surface area (Å²) >= 11 is 0. The number of ether oxygens (including phenoxy) is 2. The van der Waals surface area contributed by atoms with Gasteiger partial charge in [0.25, 0.3) is 5.91 Å². The summed E-state index contributed by atoms with van der Waals surface area (Å²) in [7, 11) is 1.92. The van der Waals surface area contributed by atoms with Crippen molar-refractivity contribution >= 4 is 11.6 Å². The van der Waals surface area contributed by atoms with E-state index >= 15 is 0 Å². The lowest BCUT2D eigenvalue weighted by Gasteiger charge is -2.12. The summed E-state index contributed by atoms with van der Waals surface area (Å²) in [6, 6.07) is 12.8. The number of aromatic nitrogens is 2. The molecule has 0 bridgehead atoms. The number of unbranched alkanes of at least 4 members (excludes halogenated alkanes) is 1. The molecule has 1 amide bonds. The highest BCUT2D eigenvalue weighted by Gasteiger charge is 2.09. The summed E-state index contributed by atoms with van der Waals surface area (Å²) in [5, 5.41) is 2.95. The van der Waals surface area contributed by atoms with E-state index in [0.717, 1.165) is 35.7 Å². The first-order chi connectivity index (χ1) is 14.1. The van der Waals surface area contributed by atoms with Crippen LogP contribution < -0.4 is 14.8 Å². The molecular formula is C23H27N3O3. The van der Waals surface area contributed by atoms with E-state index in [-0.39, 0.29) is 5.91 Å². The van der Waals surface area contributed by atoms with Crippen molar-refractivity contribution in [1.29, 1.82) is 0 Å². The number of carbonyl (C=O) groups is 1. The average molecular weight is 393 g/mol. The smallest absolute Gasteiger partial charge is 0.255 e. The maximum absolute atomic E-state index is 12.6. The van der Waals surface area contributed by atoms with Crippen molar-refractivity contribution in [2.75, 3.05) is 11.9 Å². The van der Waals surface area contributed by atoms with Gasteiger partial charge < -0.3 is 19.4 Å². The summed E-state index contributed by atoms with van der Waals surface area (Å²) < 4.78 is 13.3. The second kappa shape index (κ2) is 9.78. The quantitative estimate of drug-likeness (QED) is 0.533. The first kappa shape index (κ1) is 20.5. The number of hydrogen-bond acceptors (Lipinski definition) is 4. The third-order valence-electron chi connectivity index (χ3n) is 4.62. The van der Waals surface area contributed by atoms with Crippen molar-refractivity contribution in [3.63, 3.8) is 0 Å². The molecular weight excluding hydrogens is 366 g/mol. The fraction of sp³-hybridized carbons (Fsp3) is 0.304. The molecule has 0 aliphatic heterocycles. The Labute approximate surface area is 171 Å². The third-order valence-corrected chi connectivity index (χ3v) is 4.62. The maximum Gasteiger partial charge on any atom is 0.255 e. The minimum atomic E-state index is -0.164. The van der Waals surface area contributed by atoms with Crippen molar-refractivity contribution in [3.8, 4) is 11.5 Å². The maximum atomic E-state index is 12.6. The van der Waals surface area contributed by atoms with Gasteiger partial charge in [-0.15, -0.1) is 0 Å². The molecule has 0 aliphatic rings. The van der Waals surface area contributed by atoms with Crippen molar-refractivity contribution < 1.29 is 14.3 Å². The monoisotopic (exact) mass is 393 g/mol. The lowest BCUT2D eigenvalue weighted by Crippen LogP contribution is -2.12. The van der Waals surface area contributed by atoms with Gasteiger partial charge in [-0.25, -0.2) is 4.98 Å². The Bertz CT molecular complexity index is 948. The van der Waals surface area contributed by atoms with Gasteiger partial charge in [0.05, 0.1) is 6.61 Å². The van der Waals surface area contributed by atoms with E-state index < -0.39 is 0 Å². The van der Waals surface area contributed by atoms with Gasteiger partial charge in [-0.3, -0.25) is 4.79 Å². The second-order valence-corrected chi connectivity index (χ2v) is 6.90. The van der Waals surface area contributed by atoms with Crippen LogP contribution in [0.25, 0.3) is 0 Å². The van der Waals surface area contributed by atoms with Crippen LogP contribution >= 0.6 is 0 Å². The summed E-state index contributed by atoms with van der Waals surface area (Å²) in [4.78, 5) is 16.8. The Morgan fingerprint density at radius 3 is 2.52 bits per heavy atom. The highest BCUT2D eigenvalue weighted by Crippen LogP contribution is 2.23. The molecule has 6 nitrogen and oxygen atoms in total. The predicted molar refractivity (Wildman–Crippen MR) is 114 cm³/mol. The van der Waals surface area contributed by atoms with E-state index in [2.05, 4.69) is 17.2 Å². The normalized spacial score (nSPS) is 10.6. The molecule has 0 radical (unpaired) electrons. The number of amides is 1. The third kappa shape index (κ3) is 5.60. The molecule has 2 aromatic carbocycles. The molecule has 6 heteroatoms. The van der Waals surface area contributed by atoms with Crippen LogP contribution in [0.2, 0.25) is 0 Å². The van der Waals surface area contributed by atoms with Crippen LogP contribution in [0, 0.1) is 6.92 Å². The first-order valence-corrected chi connectivity index (χ1v) is 9.80. The fourth-order valence-electron chi connectivity index (χ4n) is 2.78. The predicted octanol–water partition coefficient (Wildman–Crippen LogP) is 4.74. The number of rotatable bonds is 9. The number of carbonyl (C=O) groups excluding carboxylic acids is 1. The fourth-order valence-corrected chi connectivity index (χ4v) is 2.78. The molecule has 0 spiro atoms. The Kier molecular flexibility index (Phi) is 6.89. The van der Waals surface area contributed by atoms with Gasteiger partial charge in [0.2, 0.25) is 0 Å². The van der Waals surface area contributed by atoms with Gasteiger partial charge in [-0.1, -0.05) is 13.3 Å². The van der Waals surface area contributed by atoms with Crippen LogP contribution in [0.1, 0.15) is 41.5 Å². The molecule has 0 unspecified atom stereocenters. The van der Waals surface area contributed by atoms with Crippen LogP contribution in [-0.4, -0.2) is 22.1 Å². The van der Waals surface area contributed by atoms with Gasteiger partial charge >= 0.3 is 0 Å². The van der Waals surface area contributed by atoms with Crippen molar-refractivity contribution in [1.82, 2.24) is 9.55 Å². The first-order valence-electron chi connectivity index (χ1n) is 9.80. The summed E-state index contributed by atoms with van der Waals surface area (Å²) in [6.07, 6.45) is 5.73. The van der Waals surface area contributed by atoms with E-state index in [1.165, 1.54) is 0 Å². The highest BCUT2D eigenvalue weighted by molar-refractivity contribution is 6.04. The molecule has 29 heavy (non-hydrogen) atoms. The standard InChI is InChI=1S/C23H27N3O3/c1-4-5-14-28-20-10-11-21(17(2)15-20)25-23(27)18-6-8-19(9-7-18)29-16-22-24-12-13-26(22)3/h6-13,15H,4-5,14,16H2,1-3H3,(H,25,27). The van der Waals surface area contributed by atoms with E-state index in [1.807, 2.05) is 42.9 Å². The van der Waals surface area contributed by atoms with Crippen LogP contribution in [0.15, 0.2) is 54.9 Å².